The Hall–Kier alpha value is -2.34. The summed E-state index contributed by atoms with van der Waals surface area (Å²) in [5, 5.41) is 2.97. The van der Waals surface area contributed by atoms with Crippen molar-refractivity contribution in [1.29, 1.82) is 0 Å². The number of sulfonamides is 1. The Kier molecular flexibility index (Phi) is 7.85. The SMILES string of the molecule is CCc1ccc(CC)c(CNC(=O)[C@@H](CC)N(c2cccc(C)c2)S(C)(=O)=O)c1. The fourth-order valence-electron chi connectivity index (χ4n) is 3.53. The van der Waals surface area contributed by atoms with Gasteiger partial charge < -0.3 is 5.32 Å². The average molecular weight is 417 g/mol. The lowest BCUT2D eigenvalue weighted by Gasteiger charge is -2.30. The number of hydrogen-bond acceptors (Lipinski definition) is 3. The summed E-state index contributed by atoms with van der Waals surface area (Å²) in [7, 11) is -3.63. The van der Waals surface area contributed by atoms with Crippen molar-refractivity contribution in [3.05, 3.63) is 64.7 Å². The van der Waals surface area contributed by atoms with E-state index in [1.807, 2.05) is 19.9 Å². The Morgan fingerprint density at radius 1 is 1.03 bits per heavy atom. The van der Waals surface area contributed by atoms with E-state index in [-0.39, 0.29) is 5.91 Å². The Morgan fingerprint density at radius 3 is 2.31 bits per heavy atom. The summed E-state index contributed by atoms with van der Waals surface area (Å²) in [6.07, 6.45) is 3.33. The number of carbonyl (C=O) groups is 1. The second-order valence-electron chi connectivity index (χ2n) is 7.35. The topological polar surface area (TPSA) is 66.5 Å². The number of nitrogens with one attached hydrogen (secondary N) is 1. The minimum Gasteiger partial charge on any atom is -0.350 e. The minimum absolute atomic E-state index is 0.289. The molecular formula is C23H32N2O3S. The monoisotopic (exact) mass is 416 g/mol. The zero-order chi connectivity index (χ0) is 21.6. The summed E-state index contributed by atoms with van der Waals surface area (Å²) in [4.78, 5) is 13.0. The van der Waals surface area contributed by atoms with Crippen molar-refractivity contribution in [2.24, 2.45) is 0 Å². The standard InChI is InChI=1S/C23H32N2O3S/c1-6-18-12-13-19(7-2)20(15-18)16-24-23(26)22(8-3)25(29(5,27)28)21-11-9-10-17(4)14-21/h9-15,22H,6-8,16H2,1-5H3,(H,24,26)/t22-/m1/s1. The maximum Gasteiger partial charge on any atom is 0.244 e. The molecule has 0 saturated carbocycles. The van der Waals surface area contributed by atoms with E-state index in [9.17, 15) is 13.2 Å². The molecule has 1 N–H and O–H groups in total. The van der Waals surface area contributed by atoms with Crippen LogP contribution in [0.4, 0.5) is 5.69 Å². The van der Waals surface area contributed by atoms with E-state index in [0.29, 0.717) is 18.7 Å². The molecule has 0 spiro atoms. The molecule has 2 rings (SSSR count). The van der Waals surface area contributed by atoms with Gasteiger partial charge in [-0.05, 0) is 60.6 Å². The molecule has 0 aliphatic rings. The second kappa shape index (κ2) is 9.92. The number of carbonyl (C=O) groups excluding carboxylic acids is 1. The van der Waals surface area contributed by atoms with Crippen LogP contribution >= 0.6 is 0 Å². The van der Waals surface area contributed by atoms with Gasteiger partial charge in [-0.15, -0.1) is 0 Å². The van der Waals surface area contributed by atoms with Crippen molar-refractivity contribution >= 4 is 21.6 Å². The Bertz CT molecular complexity index is 954. The summed E-state index contributed by atoms with van der Waals surface area (Å²) in [6.45, 7) is 8.30. The van der Waals surface area contributed by atoms with Gasteiger partial charge in [0.1, 0.15) is 6.04 Å². The largest absolute Gasteiger partial charge is 0.350 e. The van der Waals surface area contributed by atoms with E-state index in [1.54, 1.807) is 18.2 Å². The fraction of sp³-hybridized carbons (Fsp3) is 0.435. The first-order valence-electron chi connectivity index (χ1n) is 10.2. The molecule has 158 valence electrons. The van der Waals surface area contributed by atoms with Crippen LogP contribution in [0.15, 0.2) is 42.5 Å². The zero-order valence-corrected chi connectivity index (χ0v) is 18.8. The molecule has 0 aromatic heterocycles. The molecule has 0 heterocycles. The highest BCUT2D eigenvalue weighted by Crippen LogP contribution is 2.23. The lowest BCUT2D eigenvalue weighted by atomic mass is 10.0. The quantitative estimate of drug-likeness (QED) is 0.672. The van der Waals surface area contributed by atoms with Crippen LogP contribution < -0.4 is 9.62 Å². The lowest BCUT2D eigenvalue weighted by Crippen LogP contribution is -2.49. The van der Waals surface area contributed by atoms with Crippen LogP contribution in [0.5, 0.6) is 0 Å². The molecular weight excluding hydrogens is 384 g/mol. The first-order valence-corrected chi connectivity index (χ1v) is 12.0. The molecule has 0 aliphatic carbocycles. The van der Waals surface area contributed by atoms with Crippen molar-refractivity contribution < 1.29 is 13.2 Å². The summed E-state index contributed by atoms with van der Waals surface area (Å²) in [5.41, 5.74) is 4.94. The van der Waals surface area contributed by atoms with E-state index >= 15 is 0 Å². The maximum absolute atomic E-state index is 13.0. The minimum atomic E-state index is -3.63. The maximum atomic E-state index is 13.0. The van der Waals surface area contributed by atoms with Gasteiger partial charge in [-0.3, -0.25) is 9.10 Å². The van der Waals surface area contributed by atoms with Crippen molar-refractivity contribution in [1.82, 2.24) is 5.32 Å². The van der Waals surface area contributed by atoms with E-state index in [2.05, 4.69) is 37.4 Å². The Labute approximate surface area is 175 Å². The predicted octanol–water partition coefficient (Wildman–Crippen LogP) is 3.98. The van der Waals surface area contributed by atoms with Crippen LogP contribution in [0, 0.1) is 6.92 Å². The molecule has 2 aromatic rings. The third kappa shape index (κ3) is 5.82. The summed E-state index contributed by atoms with van der Waals surface area (Å²) >= 11 is 0. The van der Waals surface area contributed by atoms with Gasteiger partial charge in [-0.2, -0.15) is 0 Å². The van der Waals surface area contributed by atoms with Crippen molar-refractivity contribution in [2.75, 3.05) is 10.6 Å². The van der Waals surface area contributed by atoms with Crippen molar-refractivity contribution in [2.45, 2.75) is 59.5 Å². The van der Waals surface area contributed by atoms with Crippen molar-refractivity contribution in [3.8, 4) is 0 Å². The van der Waals surface area contributed by atoms with Gasteiger partial charge in [-0.25, -0.2) is 8.42 Å². The average Bonchev–Trinajstić information content (AvgIpc) is 2.68. The predicted molar refractivity (Wildman–Crippen MR) is 120 cm³/mol. The van der Waals surface area contributed by atoms with E-state index in [4.69, 9.17) is 0 Å². The Morgan fingerprint density at radius 2 is 1.76 bits per heavy atom. The van der Waals surface area contributed by atoms with Crippen LogP contribution in [-0.2, 0) is 34.2 Å². The normalized spacial score (nSPS) is 12.4. The number of hydrogen-bond donors (Lipinski definition) is 1. The summed E-state index contributed by atoms with van der Waals surface area (Å²) in [6, 6.07) is 12.8. The van der Waals surface area contributed by atoms with E-state index < -0.39 is 16.1 Å². The van der Waals surface area contributed by atoms with Crippen LogP contribution in [-0.4, -0.2) is 26.6 Å². The van der Waals surface area contributed by atoms with Gasteiger partial charge in [-0.1, -0.05) is 51.1 Å². The number of nitrogens with zero attached hydrogens (tertiary/aromatic N) is 1. The molecule has 2 aromatic carbocycles. The molecule has 5 nitrogen and oxygen atoms in total. The third-order valence-electron chi connectivity index (χ3n) is 5.10. The fourth-order valence-corrected chi connectivity index (χ4v) is 4.74. The Balaban J connectivity index is 2.29. The number of rotatable bonds is 9. The molecule has 1 amide bonds. The summed E-state index contributed by atoms with van der Waals surface area (Å²) in [5.74, 6) is -0.289. The van der Waals surface area contributed by atoms with Crippen LogP contribution in [0.3, 0.4) is 0 Å². The van der Waals surface area contributed by atoms with Gasteiger partial charge in [0, 0.05) is 6.54 Å². The van der Waals surface area contributed by atoms with Gasteiger partial charge in [0.05, 0.1) is 11.9 Å². The molecule has 0 unspecified atom stereocenters. The molecule has 29 heavy (non-hydrogen) atoms. The van der Waals surface area contributed by atoms with Gasteiger partial charge in [0.15, 0.2) is 0 Å². The highest BCUT2D eigenvalue weighted by molar-refractivity contribution is 7.92. The van der Waals surface area contributed by atoms with E-state index in [0.717, 1.165) is 30.2 Å². The third-order valence-corrected chi connectivity index (χ3v) is 6.28. The van der Waals surface area contributed by atoms with Gasteiger partial charge in [0.25, 0.3) is 0 Å². The number of benzene rings is 2. The molecule has 1 atom stereocenters. The van der Waals surface area contributed by atoms with Crippen LogP contribution in [0.25, 0.3) is 0 Å². The number of anilines is 1. The smallest absolute Gasteiger partial charge is 0.244 e. The summed E-state index contributed by atoms with van der Waals surface area (Å²) < 4.78 is 26.3. The van der Waals surface area contributed by atoms with Gasteiger partial charge >= 0.3 is 0 Å². The van der Waals surface area contributed by atoms with E-state index in [1.165, 1.54) is 15.4 Å². The molecule has 0 saturated heterocycles. The van der Waals surface area contributed by atoms with Gasteiger partial charge in [0.2, 0.25) is 15.9 Å². The zero-order valence-electron chi connectivity index (χ0n) is 18.0. The first kappa shape index (κ1) is 22.9. The highest BCUT2D eigenvalue weighted by atomic mass is 32.2. The molecule has 0 bridgehead atoms. The second-order valence-corrected chi connectivity index (χ2v) is 9.21. The lowest BCUT2D eigenvalue weighted by molar-refractivity contribution is -0.122. The number of amides is 1. The highest BCUT2D eigenvalue weighted by Gasteiger charge is 2.31. The molecule has 0 radical (unpaired) electrons. The van der Waals surface area contributed by atoms with Crippen molar-refractivity contribution in [3.63, 3.8) is 0 Å². The molecule has 0 fully saturated rings. The van der Waals surface area contributed by atoms with Crippen LogP contribution in [0.1, 0.15) is 49.4 Å². The van der Waals surface area contributed by atoms with Crippen LogP contribution in [0.2, 0.25) is 0 Å². The molecule has 6 heteroatoms. The first-order chi connectivity index (χ1) is 13.7. The molecule has 0 aliphatic heterocycles. The number of aryl methyl sites for hydroxylation is 3.